The van der Waals surface area contributed by atoms with Crippen molar-refractivity contribution in [3.8, 4) is 0 Å². The van der Waals surface area contributed by atoms with Gasteiger partial charge in [-0.05, 0) is 42.0 Å². The van der Waals surface area contributed by atoms with Gasteiger partial charge in [-0.15, -0.1) is 0 Å². The Morgan fingerprint density at radius 1 is 0.930 bits per heavy atom. The van der Waals surface area contributed by atoms with Crippen LogP contribution in [0.1, 0.15) is 46.5 Å². The van der Waals surface area contributed by atoms with Crippen LogP contribution < -0.4 is 15.5 Å². The van der Waals surface area contributed by atoms with Gasteiger partial charge in [0.2, 0.25) is 11.8 Å². The Bertz CT molecular complexity index is 1680. The summed E-state index contributed by atoms with van der Waals surface area (Å²) in [5.41, 5.74) is 3.63. The molecule has 222 valence electrons. The van der Waals surface area contributed by atoms with E-state index in [2.05, 4.69) is 15.6 Å². The van der Waals surface area contributed by atoms with E-state index in [0.29, 0.717) is 28.2 Å². The van der Waals surface area contributed by atoms with Crippen molar-refractivity contribution >= 4 is 57.6 Å². The number of nitrogens with zero attached hydrogens (tertiary/aromatic N) is 2. The molecule has 3 aromatic carbocycles. The van der Waals surface area contributed by atoms with Crippen LogP contribution >= 0.6 is 0 Å². The van der Waals surface area contributed by atoms with Crippen molar-refractivity contribution in [1.82, 2.24) is 9.88 Å². The molecule has 0 atom stereocenters. The second kappa shape index (κ2) is 13.5. The number of aromatic nitrogens is 1. The number of rotatable bonds is 8. The fourth-order valence-corrected chi connectivity index (χ4v) is 4.69. The number of para-hydroxylation sites is 1. The van der Waals surface area contributed by atoms with Gasteiger partial charge in [-0.2, -0.15) is 0 Å². The van der Waals surface area contributed by atoms with Gasteiger partial charge in [0, 0.05) is 42.1 Å². The molecule has 11 heteroatoms. The number of carboxylic acid groups (broad SMARTS) is 1. The van der Waals surface area contributed by atoms with Crippen molar-refractivity contribution in [2.24, 2.45) is 0 Å². The molecule has 0 spiro atoms. The van der Waals surface area contributed by atoms with E-state index in [1.807, 2.05) is 38.1 Å². The zero-order chi connectivity index (χ0) is 31.1. The van der Waals surface area contributed by atoms with E-state index in [9.17, 15) is 24.0 Å². The molecule has 0 saturated carbocycles. The number of aliphatic carboxylic acids is 1. The lowest BCUT2D eigenvalue weighted by Gasteiger charge is -2.19. The summed E-state index contributed by atoms with van der Waals surface area (Å²) in [7, 11) is 1.54. The van der Waals surface area contributed by atoms with Crippen molar-refractivity contribution in [3.05, 3.63) is 89.6 Å². The Kier molecular flexibility index (Phi) is 9.56. The minimum Gasteiger partial charge on any atom is -0.481 e. The molecule has 4 aromatic rings. The highest BCUT2D eigenvalue weighted by molar-refractivity contribution is 6.13. The zero-order valence-corrected chi connectivity index (χ0v) is 24.1. The summed E-state index contributed by atoms with van der Waals surface area (Å²) in [4.78, 5) is 67.8. The summed E-state index contributed by atoms with van der Waals surface area (Å²) in [5.74, 6) is -2.48. The Morgan fingerprint density at radius 3 is 2.35 bits per heavy atom. The first-order valence-electron chi connectivity index (χ1n) is 13.9. The predicted octanol–water partition coefficient (Wildman–Crippen LogP) is 4.52. The number of likely N-dealkylation sites (N-methyl/N-ethyl adjacent to an activating group) is 1. The Morgan fingerprint density at radius 2 is 1.63 bits per heavy atom. The number of amides is 4. The third kappa shape index (κ3) is 7.07. The van der Waals surface area contributed by atoms with Crippen molar-refractivity contribution in [2.75, 3.05) is 35.7 Å². The van der Waals surface area contributed by atoms with Crippen LogP contribution in [0.2, 0.25) is 0 Å². The molecular weight excluding hydrogens is 550 g/mol. The van der Waals surface area contributed by atoms with Crippen LogP contribution in [0.15, 0.2) is 72.9 Å². The number of H-pyrrole nitrogens is 1. The van der Waals surface area contributed by atoms with E-state index in [0.717, 1.165) is 10.9 Å². The summed E-state index contributed by atoms with van der Waals surface area (Å²) in [6, 6.07) is 19.1. The molecular formula is C32H33N5O6. The standard InChI is InChI=1S/C30H27N5O6.C2H6/c1-34-25-11-10-20(15-22(25)30(41)35(17-27(34)37)13-12-28(38)39)32-26(36)14-18-6-8-19(9-7-18)33-29(40)23-16-31-24-5-3-2-4-21(23)24;1-2/h2-11,15-16,31H,12-14,17H2,1H3,(H,32,36)(H,33,40)(H,38,39);1-2H3. The molecule has 4 N–H and O–H groups in total. The van der Waals surface area contributed by atoms with Gasteiger partial charge < -0.3 is 30.5 Å². The number of carbonyl (C=O) groups is 5. The summed E-state index contributed by atoms with van der Waals surface area (Å²) in [5, 5.41) is 15.5. The number of hydrogen-bond acceptors (Lipinski definition) is 5. The second-order valence-corrected chi connectivity index (χ2v) is 9.68. The van der Waals surface area contributed by atoms with Gasteiger partial charge in [-0.3, -0.25) is 24.0 Å². The number of hydrogen-bond donors (Lipinski definition) is 4. The van der Waals surface area contributed by atoms with Crippen LogP contribution in [0.5, 0.6) is 0 Å². The first-order chi connectivity index (χ1) is 20.7. The lowest BCUT2D eigenvalue weighted by Crippen LogP contribution is -2.38. The fourth-order valence-electron chi connectivity index (χ4n) is 4.69. The molecule has 0 aliphatic carbocycles. The van der Waals surface area contributed by atoms with Gasteiger partial charge in [0.15, 0.2) is 0 Å². The van der Waals surface area contributed by atoms with Gasteiger partial charge in [0.05, 0.1) is 29.7 Å². The molecule has 43 heavy (non-hydrogen) atoms. The van der Waals surface area contributed by atoms with Gasteiger partial charge >= 0.3 is 5.97 Å². The van der Waals surface area contributed by atoms with Crippen molar-refractivity contribution < 1.29 is 29.1 Å². The van der Waals surface area contributed by atoms with E-state index in [-0.39, 0.29) is 49.2 Å². The number of anilines is 3. The SMILES string of the molecule is CC.CN1C(=O)CN(CCC(=O)O)C(=O)c2cc(NC(=O)Cc3ccc(NC(=O)c4c[nH]c5ccccc45)cc3)ccc21. The highest BCUT2D eigenvalue weighted by Crippen LogP contribution is 2.28. The third-order valence-electron chi connectivity index (χ3n) is 6.87. The van der Waals surface area contributed by atoms with Crippen LogP contribution in [0.4, 0.5) is 17.1 Å². The smallest absolute Gasteiger partial charge is 0.305 e. The topological polar surface area (TPSA) is 152 Å². The lowest BCUT2D eigenvalue weighted by atomic mass is 10.1. The number of carboxylic acids is 1. The number of nitrogens with one attached hydrogen (secondary N) is 3. The lowest BCUT2D eigenvalue weighted by molar-refractivity contribution is -0.137. The largest absolute Gasteiger partial charge is 0.481 e. The summed E-state index contributed by atoms with van der Waals surface area (Å²) in [6.07, 6.45) is 1.42. The maximum atomic E-state index is 13.1. The van der Waals surface area contributed by atoms with Crippen LogP contribution in [-0.4, -0.2) is 64.7 Å². The van der Waals surface area contributed by atoms with E-state index in [1.165, 1.54) is 15.9 Å². The maximum absolute atomic E-state index is 13.1. The molecule has 1 aliphatic rings. The van der Waals surface area contributed by atoms with Crippen molar-refractivity contribution in [2.45, 2.75) is 26.7 Å². The van der Waals surface area contributed by atoms with Crippen LogP contribution in [0, 0.1) is 0 Å². The fraction of sp³-hybridized carbons (Fsp3) is 0.219. The number of benzene rings is 3. The first-order valence-corrected chi connectivity index (χ1v) is 13.9. The highest BCUT2D eigenvalue weighted by atomic mass is 16.4. The van der Waals surface area contributed by atoms with Crippen molar-refractivity contribution in [3.63, 3.8) is 0 Å². The van der Waals surface area contributed by atoms with E-state index in [4.69, 9.17) is 5.11 Å². The van der Waals surface area contributed by atoms with E-state index >= 15 is 0 Å². The Hall–Kier alpha value is -5.45. The predicted molar refractivity (Wildman–Crippen MR) is 164 cm³/mol. The molecule has 5 rings (SSSR count). The first kappa shape index (κ1) is 30.5. The van der Waals surface area contributed by atoms with Gasteiger partial charge in [0.25, 0.3) is 11.8 Å². The molecule has 11 nitrogen and oxygen atoms in total. The molecule has 0 radical (unpaired) electrons. The van der Waals surface area contributed by atoms with Gasteiger partial charge in [-0.1, -0.05) is 44.2 Å². The molecule has 4 amide bonds. The van der Waals surface area contributed by atoms with E-state index in [1.54, 1.807) is 49.6 Å². The van der Waals surface area contributed by atoms with Gasteiger partial charge in [0.1, 0.15) is 6.54 Å². The molecule has 0 unspecified atom stereocenters. The average molecular weight is 584 g/mol. The Balaban J connectivity index is 0.00000207. The summed E-state index contributed by atoms with van der Waals surface area (Å²) < 4.78 is 0. The van der Waals surface area contributed by atoms with E-state index < -0.39 is 11.9 Å². The molecule has 1 aliphatic heterocycles. The monoisotopic (exact) mass is 583 g/mol. The molecule has 0 bridgehead atoms. The van der Waals surface area contributed by atoms with Crippen LogP contribution in [-0.2, 0) is 20.8 Å². The van der Waals surface area contributed by atoms with Gasteiger partial charge in [-0.25, -0.2) is 0 Å². The minimum atomic E-state index is -1.08. The quantitative estimate of drug-likeness (QED) is 0.239. The molecule has 0 fully saturated rings. The minimum absolute atomic E-state index is 0.0465. The van der Waals surface area contributed by atoms with Crippen LogP contribution in [0.3, 0.4) is 0 Å². The normalized spacial score (nSPS) is 12.6. The summed E-state index contributed by atoms with van der Waals surface area (Å²) >= 11 is 0. The number of aromatic amines is 1. The maximum Gasteiger partial charge on any atom is 0.305 e. The summed E-state index contributed by atoms with van der Waals surface area (Å²) in [6.45, 7) is 3.65. The second-order valence-electron chi connectivity index (χ2n) is 9.68. The van der Waals surface area contributed by atoms with Crippen LogP contribution in [0.25, 0.3) is 10.9 Å². The number of fused-ring (bicyclic) bond motifs is 2. The molecule has 1 aromatic heterocycles. The Labute approximate surface area is 248 Å². The molecule has 0 saturated heterocycles. The highest BCUT2D eigenvalue weighted by Gasteiger charge is 2.30. The number of carbonyl (C=O) groups excluding carboxylic acids is 4. The average Bonchev–Trinajstić information content (AvgIpc) is 3.41. The third-order valence-corrected chi connectivity index (χ3v) is 6.87. The zero-order valence-electron chi connectivity index (χ0n) is 24.1. The molecule has 2 heterocycles. The van der Waals surface area contributed by atoms with Crippen molar-refractivity contribution in [1.29, 1.82) is 0 Å².